The van der Waals surface area contributed by atoms with Gasteiger partial charge in [0.05, 0.1) is 5.56 Å². The van der Waals surface area contributed by atoms with E-state index in [1.165, 1.54) is 0 Å². The number of amides is 1. The van der Waals surface area contributed by atoms with Crippen LogP contribution >= 0.6 is 0 Å². The van der Waals surface area contributed by atoms with Gasteiger partial charge in [0.15, 0.2) is 17.6 Å². The summed E-state index contributed by atoms with van der Waals surface area (Å²) in [5.74, 6) is 0.421. The second-order valence-electron chi connectivity index (χ2n) is 7.45. The number of benzene rings is 2. The fourth-order valence-electron chi connectivity index (χ4n) is 3.49. The van der Waals surface area contributed by atoms with E-state index in [2.05, 4.69) is 9.88 Å². The molecule has 1 atom stereocenters. The molecule has 2 aromatic carbocycles. The van der Waals surface area contributed by atoms with E-state index < -0.39 is 12.1 Å². The Kier molecular flexibility index (Phi) is 5.66. The van der Waals surface area contributed by atoms with E-state index in [9.17, 15) is 9.59 Å². The van der Waals surface area contributed by atoms with Crippen molar-refractivity contribution in [1.29, 1.82) is 0 Å². The van der Waals surface area contributed by atoms with Gasteiger partial charge in [0.1, 0.15) is 0 Å². The first kappa shape index (κ1) is 20.5. The molecule has 1 aromatic heterocycles. The molecule has 1 N–H and O–H groups in total. The van der Waals surface area contributed by atoms with Crippen molar-refractivity contribution in [3.63, 3.8) is 0 Å². The number of ether oxygens (including phenoxy) is 3. The molecule has 0 saturated heterocycles. The Morgan fingerprint density at radius 3 is 2.39 bits per heavy atom. The van der Waals surface area contributed by atoms with Crippen molar-refractivity contribution >= 4 is 11.9 Å². The molecule has 4 rings (SSSR count). The summed E-state index contributed by atoms with van der Waals surface area (Å²) in [7, 11) is 0. The van der Waals surface area contributed by atoms with E-state index in [0.717, 1.165) is 22.6 Å². The largest absolute Gasteiger partial charge is 0.454 e. The van der Waals surface area contributed by atoms with Crippen molar-refractivity contribution < 1.29 is 23.8 Å². The summed E-state index contributed by atoms with van der Waals surface area (Å²) in [6.07, 6.45) is -0.921. The molecule has 1 amide bonds. The first-order valence-corrected chi connectivity index (χ1v) is 10.0. The molecule has 7 heteroatoms. The van der Waals surface area contributed by atoms with E-state index in [1.54, 1.807) is 25.1 Å². The van der Waals surface area contributed by atoms with Gasteiger partial charge in [-0.25, -0.2) is 4.79 Å². The quantitative estimate of drug-likeness (QED) is 0.616. The van der Waals surface area contributed by atoms with Gasteiger partial charge in [-0.2, -0.15) is 0 Å². The van der Waals surface area contributed by atoms with E-state index in [-0.39, 0.29) is 12.7 Å². The van der Waals surface area contributed by atoms with E-state index >= 15 is 0 Å². The number of nitrogens with zero attached hydrogens (tertiary/aromatic N) is 1. The number of esters is 1. The highest BCUT2D eigenvalue weighted by molar-refractivity contribution is 5.92. The number of rotatable bonds is 6. The lowest BCUT2D eigenvalue weighted by atomic mass is 10.2. The van der Waals surface area contributed by atoms with Crippen molar-refractivity contribution in [3.05, 3.63) is 77.1 Å². The molecule has 0 fully saturated rings. The molecular formula is C24H24N2O5. The molecular weight excluding hydrogens is 396 g/mol. The zero-order valence-electron chi connectivity index (χ0n) is 17.7. The minimum atomic E-state index is -0.921. The van der Waals surface area contributed by atoms with Gasteiger partial charge in [-0.05, 0) is 74.9 Å². The second-order valence-corrected chi connectivity index (χ2v) is 7.45. The van der Waals surface area contributed by atoms with Gasteiger partial charge in [-0.1, -0.05) is 6.07 Å². The minimum Gasteiger partial charge on any atom is -0.454 e. The summed E-state index contributed by atoms with van der Waals surface area (Å²) < 4.78 is 18.0. The zero-order valence-corrected chi connectivity index (χ0v) is 17.7. The maximum Gasteiger partial charge on any atom is 0.338 e. The topological polar surface area (TPSA) is 78.8 Å². The fourth-order valence-corrected chi connectivity index (χ4v) is 3.49. The third-order valence-corrected chi connectivity index (χ3v) is 5.19. The van der Waals surface area contributed by atoms with E-state index in [1.807, 2.05) is 50.2 Å². The Balaban J connectivity index is 1.33. The number of hydrogen-bond acceptors (Lipinski definition) is 5. The van der Waals surface area contributed by atoms with E-state index in [4.69, 9.17) is 14.2 Å². The van der Waals surface area contributed by atoms with Gasteiger partial charge >= 0.3 is 5.97 Å². The Morgan fingerprint density at radius 2 is 1.68 bits per heavy atom. The number of carbonyl (C=O) groups excluding carboxylic acids is 2. The van der Waals surface area contributed by atoms with Gasteiger partial charge in [-0.15, -0.1) is 0 Å². The molecule has 0 saturated carbocycles. The molecule has 1 aliphatic heterocycles. The lowest BCUT2D eigenvalue weighted by molar-refractivity contribution is -0.129. The highest BCUT2D eigenvalue weighted by Crippen LogP contribution is 2.32. The molecule has 7 nitrogen and oxygen atoms in total. The Labute approximate surface area is 180 Å². The number of aryl methyl sites for hydroxylation is 2. The van der Waals surface area contributed by atoms with Crippen LogP contribution in [0.15, 0.2) is 54.6 Å². The number of nitrogens with one attached hydrogen (secondary N) is 1. The predicted octanol–water partition coefficient (Wildman–Crippen LogP) is 3.68. The van der Waals surface area contributed by atoms with Crippen molar-refractivity contribution in [3.8, 4) is 17.2 Å². The molecule has 3 aromatic rings. The van der Waals surface area contributed by atoms with Crippen molar-refractivity contribution in [1.82, 2.24) is 9.88 Å². The minimum absolute atomic E-state index is 0.198. The summed E-state index contributed by atoms with van der Waals surface area (Å²) >= 11 is 0. The monoisotopic (exact) mass is 420 g/mol. The van der Waals surface area contributed by atoms with Crippen LogP contribution in [-0.2, 0) is 16.1 Å². The Bertz CT molecular complexity index is 1100. The van der Waals surface area contributed by atoms with E-state index in [0.29, 0.717) is 23.6 Å². The van der Waals surface area contributed by atoms with Crippen molar-refractivity contribution in [2.75, 3.05) is 6.79 Å². The molecule has 0 radical (unpaired) electrons. The van der Waals surface area contributed by atoms with Gasteiger partial charge in [0.2, 0.25) is 6.79 Å². The van der Waals surface area contributed by atoms with Crippen molar-refractivity contribution in [2.45, 2.75) is 33.4 Å². The summed E-state index contributed by atoms with van der Waals surface area (Å²) in [4.78, 5) is 24.8. The SMILES string of the molecule is Cc1ccc(C)n1-c1ccc(C(=O)OC(C)C(=O)NCc2ccc3c(c2)OCO3)cc1. The van der Waals surface area contributed by atoms with Crippen LogP contribution < -0.4 is 14.8 Å². The Hall–Kier alpha value is -3.74. The Morgan fingerprint density at radius 1 is 1.00 bits per heavy atom. The summed E-state index contributed by atoms with van der Waals surface area (Å²) in [5.41, 5.74) is 4.44. The predicted molar refractivity (Wildman–Crippen MR) is 115 cm³/mol. The lowest BCUT2D eigenvalue weighted by Crippen LogP contribution is -2.35. The molecule has 0 aliphatic carbocycles. The second kappa shape index (κ2) is 8.55. The van der Waals surface area contributed by atoms with Crippen molar-refractivity contribution in [2.24, 2.45) is 0 Å². The van der Waals surface area contributed by atoms with Crippen LogP contribution in [0.4, 0.5) is 0 Å². The van der Waals surface area contributed by atoms with Crippen LogP contribution in [0.25, 0.3) is 5.69 Å². The highest BCUT2D eigenvalue weighted by Gasteiger charge is 2.20. The van der Waals surface area contributed by atoms with Crippen LogP contribution in [0.3, 0.4) is 0 Å². The third kappa shape index (κ3) is 4.40. The van der Waals surface area contributed by atoms with Crippen LogP contribution in [0.1, 0.15) is 34.2 Å². The molecule has 160 valence electrons. The average molecular weight is 420 g/mol. The maximum absolute atomic E-state index is 12.5. The number of carbonyl (C=O) groups is 2. The third-order valence-electron chi connectivity index (χ3n) is 5.19. The van der Waals surface area contributed by atoms with Crippen LogP contribution in [-0.4, -0.2) is 29.3 Å². The highest BCUT2D eigenvalue weighted by atomic mass is 16.7. The first-order valence-electron chi connectivity index (χ1n) is 10.0. The molecule has 1 aliphatic rings. The molecule has 1 unspecified atom stereocenters. The smallest absolute Gasteiger partial charge is 0.338 e. The van der Waals surface area contributed by atoms with Gasteiger partial charge < -0.3 is 24.1 Å². The molecule has 0 spiro atoms. The number of aromatic nitrogens is 1. The standard InChI is InChI=1S/C24H24N2O5/c1-15-4-5-16(2)26(15)20-9-7-19(8-10-20)24(28)31-17(3)23(27)25-13-18-6-11-21-22(12-18)30-14-29-21/h4-12,17H,13-14H2,1-3H3,(H,25,27). The van der Waals surface area contributed by atoms with Crippen LogP contribution in [0, 0.1) is 13.8 Å². The summed E-state index contributed by atoms with van der Waals surface area (Å²) in [6, 6.07) is 16.7. The maximum atomic E-state index is 12.5. The average Bonchev–Trinajstić information content (AvgIpc) is 3.37. The van der Waals surface area contributed by atoms with Gasteiger partial charge in [0, 0.05) is 23.6 Å². The summed E-state index contributed by atoms with van der Waals surface area (Å²) in [5, 5.41) is 2.77. The fraction of sp³-hybridized carbons (Fsp3) is 0.250. The zero-order chi connectivity index (χ0) is 22.0. The first-order chi connectivity index (χ1) is 14.9. The number of hydrogen-bond donors (Lipinski definition) is 1. The van der Waals surface area contributed by atoms with Gasteiger partial charge in [0.25, 0.3) is 5.91 Å². The molecule has 2 heterocycles. The lowest BCUT2D eigenvalue weighted by Gasteiger charge is -2.14. The normalized spacial score (nSPS) is 13.0. The summed E-state index contributed by atoms with van der Waals surface area (Å²) in [6.45, 7) is 6.09. The number of fused-ring (bicyclic) bond motifs is 1. The van der Waals surface area contributed by atoms with Gasteiger partial charge in [-0.3, -0.25) is 4.79 Å². The molecule has 31 heavy (non-hydrogen) atoms. The van der Waals surface area contributed by atoms with Crippen LogP contribution in [0.5, 0.6) is 11.5 Å². The van der Waals surface area contributed by atoms with Crippen LogP contribution in [0.2, 0.25) is 0 Å². The molecule has 0 bridgehead atoms.